The molecule has 3 nitrogen and oxygen atoms in total. The van der Waals surface area contributed by atoms with Gasteiger partial charge in [-0.25, -0.2) is 4.39 Å². The van der Waals surface area contributed by atoms with E-state index in [1.54, 1.807) is 12.1 Å². The van der Waals surface area contributed by atoms with Crippen LogP contribution in [0.4, 0.5) is 4.39 Å². The van der Waals surface area contributed by atoms with Crippen molar-refractivity contribution in [2.45, 2.75) is 18.8 Å². The molecule has 1 atom stereocenters. The summed E-state index contributed by atoms with van der Waals surface area (Å²) in [5.41, 5.74) is 2.42. The minimum Gasteiger partial charge on any atom is -0.316 e. The summed E-state index contributed by atoms with van der Waals surface area (Å²) < 4.78 is 16.7. The quantitative estimate of drug-likeness (QED) is 0.909. The predicted octanol–water partition coefficient (Wildman–Crippen LogP) is 3.46. The van der Waals surface area contributed by atoms with Gasteiger partial charge in [-0.05, 0) is 43.7 Å². The highest BCUT2D eigenvalue weighted by Crippen LogP contribution is 2.30. The topological polar surface area (TPSA) is 29.9 Å². The highest BCUT2D eigenvalue weighted by atomic mass is 79.9. The molecule has 1 aliphatic heterocycles. The van der Waals surface area contributed by atoms with E-state index in [0.717, 1.165) is 24.0 Å². The molecule has 1 unspecified atom stereocenters. The number of rotatable bonds is 2. The van der Waals surface area contributed by atoms with Crippen molar-refractivity contribution < 1.29 is 4.39 Å². The Kier molecular flexibility index (Phi) is 3.89. The zero-order chi connectivity index (χ0) is 14.1. The number of aryl methyl sites for hydroxylation is 1. The van der Waals surface area contributed by atoms with E-state index in [-0.39, 0.29) is 5.82 Å². The molecule has 2 heterocycles. The second kappa shape index (κ2) is 5.66. The van der Waals surface area contributed by atoms with Crippen LogP contribution in [0.25, 0.3) is 11.3 Å². The summed E-state index contributed by atoms with van der Waals surface area (Å²) in [5.74, 6) is 0.227. The van der Waals surface area contributed by atoms with E-state index in [0.29, 0.717) is 17.2 Å². The Hall–Kier alpha value is -1.20. The molecule has 0 amide bonds. The van der Waals surface area contributed by atoms with Crippen molar-refractivity contribution in [1.82, 2.24) is 15.1 Å². The largest absolute Gasteiger partial charge is 0.316 e. The van der Waals surface area contributed by atoms with Gasteiger partial charge in [0.25, 0.3) is 0 Å². The third-order valence-corrected chi connectivity index (χ3v) is 4.33. The number of nitrogens with one attached hydrogen (secondary N) is 1. The van der Waals surface area contributed by atoms with Crippen molar-refractivity contribution in [1.29, 1.82) is 0 Å². The summed E-state index contributed by atoms with van der Waals surface area (Å²) in [5, 5.41) is 7.89. The number of aromatic nitrogens is 2. The van der Waals surface area contributed by atoms with Crippen molar-refractivity contribution >= 4 is 15.9 Å². The molecule has 1 aromatic carbocycles. The van der Waals surface area contributed by atoms with Crippen LogP contribution in [0.5, 0.6) is 0 Å². The van der Waals surface area contributed by atoms with Gasteiger partial charge >= 0.3 is 0 Å². The molecule has 2 aromatic rings. The van der Waals surface area contributed by atoms with Gasteiger partial charge < -0.3 is 5.32 Å². The lowest BCUT2D eigenvalue weighted by Gasteiger charge is -2.22. The van der Waals surface area contributed by atoms with E-state index in [4.69, 9.17) is 0 Å². The average Bonchev–Trinajstić information content (AvgIpc) is 2.84. The maximum Gasteiger partial charge on any atom is 0.132 e. The first-order valence-corrected chi connectivity index (χ1v) is 7.64. The minimum absolute atomic E-state index is 0.236. The molecule has 0 spiro atoms. The first kappa shape index (κ1) is 13.8. The molecule has 1 fully saturated rings. The summed E-state index contributed by atoms with van der Waals surface area (Å²) in [6.07, 6.45) is 2.34. The fourth-order valence-corrected chi connectivity index (χ4v) is 3.15. The van der Waals surface area contributed by atoms with Gasteiger partial charge in [-0.2, -0.15) is 5.10 Å². The Morgan fingerprint density at radius 1 is 1.40 bits per heavy atom. The molecular weight excluding hydrogens is 321 g/mol. The molecule has 0 bridgehead atoms. The first-order valence-electron chi connectivity index (χ1n) is 6.85. The third kappa shape index (κ3) is 2.65. The number of halogens is 2. The maximum atomic E-state index is 14.0. The van der Waals surface area contributed by atoms with Crippen LogP contribution < -0.4 is 5.32 Å². The van der Waals surface area contributed by atoms with Crippen LogP contribution in [0.2, 0.25) is 0 Å². The number of hydrogen-bond donors (Lipinski definition) is 1. The van der Waals surface area contributed by atoms with Crippen molar-refractivity contribution in [2.24, 2.45) is 7.05 Å². The zero-order valence-corrected chi connectivity index (χ0v) is 13.0. The molecule has 5 heteroatoms. The van der Waals surface area contributed by atoms with Gasteiger partial charge in [-0.15, -0.1) is 0 Å². The van der Waals surface area contributed by atoms with E-state index in [1.807, 2.05) is 17.8 Å². The van der Waals surface area contributed by atoms with Crippen molar-refractivity contribution in [3.05, 3.63) is 40.2 Å². The summed E-state index contributed by atoms with van der Waals surface area (Å²) in [4.78, 5) is 0. The van der Waals surface area contributed by atoms with Gasteiger partial charge in [0, 0.05) is 35.2 Å². The lowest BCUT2D eigenvalue weighted by Crippen LogP contribution is -2.29. The second-order valence-electron chi connectivity index (χ2n) is 5.25. The van der Waals surface area contributed by atoms with Crippen LogP contribution in [0.1, 0.15) is 24.5 Å². The molecular formula is C15H17BrFN3. The van der Waals surface area contributed by atoms with Gasteiger partial charge in [-0.1, -0.05) is 15.9 Å². The molecule has 20 heavy (non-hydrogen) atoms. The lowest BCUT2D eigenvalue weighted by molar-refractivity contribution is 0.441. The Labute approximate surface area is 126 Å². The molecule has 1 N–H and O–H groups in total. The number of piperidine rings is 1. The summed E-state index contributed by atoms with van der Waals surface area (Å²) in [6.45, 7) is 2.06. The summed E-state index contributed by atoms with van der Waals surface area (Å²) >= 11 is 3.38. The molecule has 0 radical (unpaired) electrons. The van der Waals surface area contributed by atoms with E-state index in [2.05, 4.69) is 26.3 Å². The summed E-state index contributed by atoms with van der Waals surface area (Å²) in [6, 6.07) is 6.97. The first-order chi connectivity index (χ1) is 9.65. The Bertz CT molecular complexity index is 618. The number of nitrogens with zero attached hydrogens (tertiary/aromatic N) is 2. The minimum atomic E-state index is -0.236. The highest BCUT2D eigenvalue weighted by molar-refractivity contribution is 9.10. The molecule has 1 saturated heterocycles. The SMILES string of the molecule is Cn1nc(-c2cc(Br)ccc2F)cc1C1CCCNC1. The Morgan fingerprint density at radius 3 is 3.00 bits per heavy atom. The number of benzene rings is 1. The smallest absolute Gasteiger partial charge is 0.132 e. The molecule has 1 aliphatic rings. The normalized spacial score (nSPS) is 19.2. The van der Waals surface area contributed by atoms with E-state index < -0.39 is 0 Å². The molecule has 0 aliphatic carbocycles. The molecule has 106 valence electrons. The van der Waals surface area contributed by atoms with Crippen molar-refractivity contribution in [2.75, 3.05) is 13.1 Å². The van der Waals surface area contributed by atoms with Crippen molar-refractivity contribution in [3.63, 3.8) is 0 Å². The standard InChI is InChI=1S/C15H17BrFN3/c1-20-15(10-3-2-6-18-9-10)8-14(19-20)12-7-11(16)4-5-13(12)17/h4-5,7-8,10,18H,2-3,6,9H2,1H3. The van der Waals surface area contributed by atoms with E-state index >= 15 is 0 Å². The summed E-state index contributed by atoms with van der Waals surface area (Å²) in [7, 11) is 1.93. The highest BCUT2D eigenvalue weighted by Gasteiger charge is 2.20. The fraction of sp³-hybridized carbons (Fsp3) is 0.400. The van der Waals surface area contributed by atoms with Gasteiger partial charge in [0.1, 0.15) is 5.82 Å². The van der Waals surface area contributed by atoms with Gasteiger partial charge in [-0.3, -0.25) is 4.68 Å². The second-order valence-corrected chi connectivity index (χ2v) is 6.16. The molecule has 3 rings (SSSR count). The maximum absolute atomic E-state index is 14.0. The predicted molar refractivity (Wildman–Crippen MR) is 81.1 cm³/mol. The van der Waals surface area contributed by atoms with Crippen molar-refractivity contribution in [3.8, 4) is 11.3 Å². The van der Waals surface area contributed by atoms with Crippen LogP contribution >= 0.6 is 15.9 Å². The fourth-order valence-electron chi connectivity index (χ4n) is 2.79. The Morgan fingerprint density at radius 2 is 2.25 bits per heavy atom. The van der Waals surface area contributed by atoms with Crippen LogP contribution in [0.15, 0.2) is 28.7 Å². The van der Waals surface area contributed by atoms with Crippen LogP contribution in [0.3, 0.4) is 0 Å². The monoisotopic (exact) mass is 337 g/mol. The van der Waals surface area contributed by atoms with Gasteiger partial charge in [0.05, 0.1) is 5.69 Å². The van der Waals surface area contributed by atoms with E-state index in [9.17, 15) is 4.39 Å². The number of hydrogen-bond acceptors (Lipinski definition) is 2. The van der Waals surface area contributed by atoms with Crippen LogP contribution in [-0.2, 0) is 7.05 Å². The Balaban J connectivity index is 1.97. The average molecular weight is 338 g/mol. The molecule has 1 aromatic heterocycles. The van der Waals surface area contributed by atoms with Crippen LogP contribution in [0, 0.1) is 5.82 Å². The zero-order valence-electron chi connectivity index (χ0n) is 11.4. The van der Waals surface area contributed by atoms with Gasteiger partial charge in [0.2, 0.25) is 0 Å². The third-order valence-electron chi connectivity index (χ3n) is 3.84. The van der Waals surface area contributed by atoms with Gasteiger partial charge in [0.15, 0.2) is 0 Å². The van der Waals surface area contributed by atoms with E-state index in [1.165, 1.54) is 18.2 Å². The molecule has 0 saturated carbocycles. The van der Waals surface area contributed by atoms with Crippen LogP contribution in [-0.4, -0.2) is 22.9 Å². The lowest BCUT2D eigenvalue weighted by atomic mass is 9.95.